The van der Waals surface area contributed by atoms with Gasteiger partial charge in [0.2, 0.25) is 0 Å². The standard InChI is InChI=1S/C13H14O/c1-2-5-13(14)12-7-4-3-6-11(12)10-8-9-10/h1,3-4,6-7,10,13-14H,5,8-9H2. The van der Waals surface area contributed by atoms with Crippen molar-refractivity contribution in [3.8, 4) is 12.3 Å². The molecular formula is C13H14O. The molecule has 0 saturated heterocycles. The van der Waals surface area contributed by atoms with Crippen LogP contribution in [0.15, 0.2) is 24.3 Å². The Kier molecular flexibility index (Phi) is 2.56. The van der Waals surface area contributed by atoms with E-state index in [2.05, 4.69) is 12.0 Å². The Hall–Kier alpha value is -1.26. The number of benzene rings is 1. The number of rotatable bonds is 3. The van der Waals surface area contributed by atoms with Crippen LogP contribution in [0, 0.1) is 12.3 Å². The van der Waals surface area contributed by atoms with Gasteiger partial charge >= 0.3 is 0 Å². The third kappa shape index (κ3) is 1.81. The van der Waals surface area contributed by atoms with Gasteiger partial charge in [0.05, 0.1) is 6.10 Å². The molecule has 2 rings (SSSR count). The van der Waals surface area contributed by atoms with Crippen molar-refractivity contribution in [1.82, 2.24) is 0 Å². The van der Waals surface area contributed by atoms with E-state index < -0.39 is 6.10 Å². The van der Waals surface area contributed by atoms with Crippen molar-refractivity contribution >= 4 is 0 Å². The van der Waals surface area contributed by atoms with Crippen LogP contribution in [0.5, 0.6) is 0 Å². The van der Waals surface area contributed by atoms with Crippen LogP contribution in [0.2, 0.25) is 0 Å². The summed E-state index contributed by atoms with van der Waals surface area (Å²) in [4.78, 5) is 0. The summed E-state index contributed by atoms with van der Waals surface area (Å²) < 4.78 is 0. The van der Waals surface area contributed by atoms with Gasteiger partial charge in [0.15, 0.2) is 0 Å². The molecule has 0 spiro atoms. The minimum atomic E-state index is -0.489. The Morgan fingerprint density at radius 2 is 2.14 bits per heavy atom. The second-order valence-corrected chi connectivity index (χ2v) is 3.83. The Bertz CT molecular complexity index is 358. The van der Waals surface area contributed by atoms with Crippen LogP contribution >= 0.6 is 0 Å². The summed E-state index contributed by atoms with van der Waals surface area (Å²) in [6, 6.07) is 8.07. The average Bonchev–Trinajstić information content (AvgIpc) is 3.01. The number of aliphatic hydroxyl groups excluding tert-OH is 1. The molecule has 1 aliphatic carbocycles. The van der Waals surface area contributed by atoms with Gasteiger partial charge in [-0.15, -0.1) is 12.3 Å². The average molecular weight is 186 g/mol. The van der Waals surface area contributed by atoms with Crippen LogP contribution in [0.3, 0.4) is 0 Å². The fourth-order valence-corrected chi connectivity index (χ4v) is 1.80. The van der Waals surface area contributed by atoms with E-state index in [0.29, 0.717) is 12.3 Å². The highest BCUT2D eigenvalue weighted by molar-refractivity contribution is 5.35. The van der Waals surface area contributed by atoms with Crippen LogP contribution in [0.1, 0.15) is 42.4 Å². The highest BCUT2D eigenvalue weighted by Gasteiger charge is 2.27. The second-order valence-electron chi connectivity index (χ2n) is 3.83. The minimum Gasteiger partial charge on any atom is -0.387 e. The molecule has 1 N–H and O–H groups in total. The van der Waals surface area contributed by atoms with Crippen molar-refractivity contribution in [1.29, 1.82) is 0 Å². The van der Waals surface area contributed by atoms with Gasteiger partial charge in [-0.25, -0.2) is 0 Å². The summed E-state index contributed by atoms with van der Waals surface area (Å²) >= 11 is 0. The number of hydrogen-bond acceptors (Lipinski definition) is 1. The van der Waals surface area contributed by atoms with Crippen LogP contribution < -0.4 is 0 Å². The highest BCUT2D eigenvalue weighted by Crippen LogP contribution is 2.43. The molecule has 1 nitrogen and oxygen atoms in total. The van der Waals surface area contributed by atoms with E-state index in [1.165, 1.54) is 18.4 Å². The van der Waals surface area contributed by atoms with E-state index in [-0.39, 0.29) is 0 Å². The molecule has 1 unspecified atom stereocenters. The highest BCUT2D eigenvalue weighted by atomic mass is 16.3. The minimum absolute atomic E-state index is 0.406. The van der Waals surface area contributed by atoms with Gasteiger partial charge in [0, 0.05) is 6.42 Å². The zero-order chi connectivity index (χ0) is 9.97. The lowest BCUT2D eigenvalue weighted by atomic mass is 9.97. The molecule has 1 atom stereocenters. The second kappa shape index (κ2) is 3.86. The molecular weight excluding hydrogens is 172 g/mol. The maximum absolute atomic E-state index is 9.84. The molecule has 0 aromatic heterocycles. The van der Waals surface area contributed by atoms with Gasteiger partial charge in [-0.2, -0.15) is 0 Å². The van der Waals surface area contributed by atoms with Crippen molar-refractivity contribution in [3.63, 3.8) is 0 Å². The molecule has 1 aromatic carbocycles. The topological polar surface area (TPSA) is 20.2 Å². The predicted molar refractivity (Wildman–Crippen MR) is 56.8 cm³/mol. The smallest absolute Gasteiger partial charge is 0.0901 e. The number of aliphatic hydroxyl groups is 1. The first-order valence-corrected chi connectivity index (χ1v) is 5.03. The summed E-state index contributed by atoms with van der Waals surface area (Å²) in [7, 11) is 0. The molecule has 0 aliphatic heterocycles. The summed E-state index contributed by atoms with van der Waals surface area (Å²) in [6.07, 6.45) is 7.62. The number of hydrogen-bond donors (Lipinski definition) is 1. The molecule has 1 saturated carbocycles. The zero-order valence-electron chi connectivity index (χ0n) is 8.11. The van der Waals surface area contributed by atoms with Crippen molar-refractivity contribution < 1.29 is 5.11 Å². The van der Waals surface area contributed by atoms with E-state index in [1.54, 1.807) is 0 Å². The molecule has 72 valence electrons. The molecule has 0 bridgehead atoms. The first kappa shape index (κ1) is 9.30. The summed E-state index contributed by atoms with van der Waals surface area (Å²) in [5, 5.41) is 9.84. The van der Waals surface area contributed by atoms with Crippen LogP contribution in [0.25, 0.3) is 0 Å². The molecule has 1 fully saturated rings. The first-order chi connectivity index (χ1) is 6.83. The molecule has 0 radical (unpaired) electrons. The van der Waals surface area contributed by atoms with E-state index in [0.717, 1.165) is 5.56 Å². The monoisotopic (exact) mass is 186 g/mol. The predicted octanol–water partition coefficient (Wildman–Crippen LogP) is 2.62. The van der Waals surface area contributed by atoms with Crippen molar-refractivity contribution in [3.05, 3.63) is 35.4 Å². The summed E-state index contributed by atoms with van der Waals surface area (Å²) in [6.45, 7) is 0. The lowest BCUT2D eigenvalue weighted by molar-refractivity contribution is 0.183. The molecule has 0 heterocycles. The lowest BCUT2D eigenvalue weighted by Crippen LogP contribution is -2.00. The molecule has 0 amide bonds. The molecule has 1 heteroatoms. The maximum Gasteiger partial charge on any atom is 0.0901 e. The van der Waals surface area contributed by atoms with E-state index >= 15 is 0 Å². The normalized spacial score (nSPS) is 17.4. The van der Waals surface area contributed by atoms with Crippen molar-refractivity contribution in [2.45, 2.75) is 31.3 Å². The van der Waals surface area contributed by atoms with Crippen LogP contribution in [-0.4, -0.2) is 5.11 Å². The molecule has 1 aliphatic rings. The Labute approximate surface area is 84.8 Å². The van der Waals surface area contributed by atoms with E-state index in [9.17, 15) is 5.11 Å². The lowest BCUT2D eigenvalue weighted by Gasteiger charge is -2.12. The quantitative estimate of drug-likeness (QED) is 0.719. The largest absolute Gasteiger partial charge is 0.387 e. The molecule has 1 aromatic rings. The van der Waals surface area contributed by atoms with Gasteiger partial charge in [-0.3, -0.25) is 0 Å². The summed E-state index contributed by atoms with van der Waals surface area (Å²) in [5.41, 5.74) is 2.31. The SMILES string of the molecule is C#CCC(O)c1ccccc1C1CC1. The van der Waals surface area contributed by atoms with Crippen molar-refractivity contribution in [2.24, 2.45) is 0 Å². The van der Waals surface area contributed by atoms with Crippen molar-refractivity contribution in [2.75, 3.05) is 0 Å². The van der Waals surface area contributed by atoms with Gasteiger partial charge in [-0.1, -0.05) is 24.3 Å². The van der Waals surface area contributed by atoms with Crippen LogP contribution in [-0.2, 0) is 0 Å². The Balaban J connectivity index is 2.27. The Morgan fingerprint density at radius 1 is 1.43 bits per heavy atom. The van der Waals surface area contributed by atoms with Gasteiger partial charge in [-0.05, 0) is 29.9 Å². The zero-order valence-corrected chi connectivity index (χ0v) is 8.11. The van der Waals surface area contributed by atoms with Gasteiger partial charge < -0.3 is 5.11 Å². The molecule has 14 heavy (non-hydrogen) atoms. The van der Waals surface area contributed by atoms with Gasteiger partial charge in [0.25, 0.3) is 0 Å². The Morgan fingerprint density at radius 3 is 2.79 bits per heavy atom. The third-order valence-corrected chi connectivity index (χ3v) is 2.68. The van der Waals surface area contributed by atoms with E-state index in [4.69, 9.17) is 6.42 Å². The van der Waals surface area contributed by atoms with Crippen LogP contribution in [0.4, 0.5) is 0 Å². The van der Waals surface area contributed by atoms with E-state index in [1.807, 2.05) is 18.2 Å². The maximum atomic E-state index is 9.84. The fraction of sp³-hybridized carbons (Fsp3) is 0.385. The third-order valence-electron chi connectivity index (χ3n) is 2.68. The van der Waals surface area contributed by atoms with Gasteiger partial charge in [0.1, 0.15) is 0 Å². The summed E-state index contributed by atoms with van der Waals surface area (Å²) in [5.74, 6) is 3.17. The number of terminal acetylenes is 1. The first-order valence-electron chi connectivity index (χ1n) is 5.03. The fourth-order valence-electron chi connectivity index (χ4n) is 1.80.